The van der Waals surface area contributed by atoms with Gasteiger partial charge in [-0.15, -0.1) is 0 Å². The first-order valence-electron chi connectivity index (χ1n) is 6.46. The molecule has 2 aliphatic rings. The van der Waals surface area contributed by atoms with Crippen LogP contribution >= 0.6 is 0 Å². The normalized spacial score (nSPS) is 26.2. The second-order valence-electron chi connectivity index (χ2n) is 5.00. The zero-order valence-electron chi connectivity index (χ0n) is 10.5. The maximum absolute atomic E-state index is 11.3. The molecule has 0 radical (unpaired) electrons. The molecule has 2 heterocycles. The predicted molar refractivity (Wildman–Crippen MR) is 66.5 cm³/mol. The van der Waals surface area contributed by atoms with Gasteiger partial charge in [-0.05, 0) is 25.2 Å². The molecule has 3 rings (SSSR count). The number of aromatic nitrogens is 2. The molecule has 2 unspecified atom stereocenters. The van der Waals surface area contributed by atoms with E-state index in [4.69, 9.17) is 0 Å². The summed E-state index contributed by atoms with van der Waals surface area (Å²) in [4.78, 5) is 22.2. The SMILES string of the molecule is COC(=O)c1cnc(N2CCC3CCCC32)nc1. The minimum atomic E-state index is -0.387. The highest BCUT2D eigenvalue weighted by Crippen LogP contribution is 2.38. The number of esters is 1. The Balaban J connectivity index is 1.78. The molecule has 0 amide bonds. The van der Waals surface area contributed by atoms with Crippen molar-refractivity contribution >= 4 is 11.9 Å². The van der Waals surface area contributed by atoms with Gasteiger partial charge in [0.15, 0.2) is 0 Å². The molecule has 2 fully saturated rings. The first kappa shape index (κ1) is 11.4. The number of rotatable bonds is 2. The molecule has 0 bridgehead atoms. The molecule has 1 aliphatic heterocycles. The van der Waals surface area contributed by atoms with E-state index in [-0.39, 0.29) is 5.97 Å². The van der Waals surface area contributed by atoms with Crippen molar-refractivity contribution in [3.05, 3.63) is 18.0 Å². The third-order valence-electron chi connectivity index (χ3n) is 4.08. The van der Waals surface area contributed by atoms with Gasteiger partial charge in [-0.1, -0.05) is 6.42 Å². The predicted octanol–water partition coefficient (Wildman–Crippen LogP) is 1.64. The summed E-state index contributed by atoms with van der Waals surface area (Å²) >= 11 is 0. The van der Waals surface area contributed by atoms with Gasteiger partial charge < -0.3 is 9.64 Å². The number of carbonyl (C=O) groups excluding carboxylic acids is 1. The standard InChI is InChI=1S/C13H17N3O2/c1-18-12(17)10-7-14-13(15-8-10)16-6-5-9-3-2-4-11(9)16/h7-9,11H,2-6H2,1H3. The van der Waals surface area contributed by atoms with Crippen LogP contribution < -0.4 is 4.90 Å². The zero-order chi connectivity index (χ0) is 12.5. The second-order valence-corrected chi connectivity index (χ2v) is 5.00. The van der Waals surface area contributed by atoms with Crippen LogP contribution in [0.1, 0.15) is 36.0 Å². The highest BCUT2D eigenvalue weighted by molar-refractivity contribution is 5.88. The highest BCUT2D eigenvalue weighted by atomic mass is 16.5. The summed E-state index contributed by atoms with van der Waals surface area (Å²) in [5.41, 5.74) is 0.406. The minimum absolute atomic E-state index is 0.387. The lowest BCUT2D eigenvalue weighted by molar-refractivity contribution is 0.0600. The van der Waals surface area contributed by atoms with Crippen molar-refractivity contribution in [2.45, 2.75) is 31.7 Å². The van der Waals surface area contributed by atoms with E-state index in [1.807, 2.05) is 0 Å². The summed E-state index contributed by atoms with van der Waals surface area (Å²) in [5, 5.41) is 0. The number of nitrogens with zero attached hydrogens (tertiary/aromatic N) is 3. The minimum Gasteiger partial charge on any atom is -0.465 e. The van der Waals surface area contributed by atoms with Gasteiger partial charge in [-0.3, -0.25) is 0 Å². The molecule has 5 heteroatoms. The van der Waals surface area contributed by atoms with Crippen LogP contribution in [-0.2, 0) is 4.74 Å². The molecule has 5 nitrogen and oxygen atoms in total. The molecular weight excluding hydrogens is 230 g/mol. The Kier molecular flexibility index (Phi) is 2.89. The van der Waals surface area contributed by atoms with E-state index < -0.39 is 0 Å². The summed E-state index contributed by atoms with van der Waals surface area (Å²) in [6, 6.07) is 0.606. The molecule has 2 atom stereocenters. The number of carbonyl (C=O) groups is 1. The van der Waals surface area contributed by atoms with Gasteiger partial charge in [-0.2, -0.15) is 0 Å². The number of anilines is 1. The number of hydrogen-bond acceptors (Lipinski definition) is 5. The summed E-state index contributed by atoms with van der Waals surface area (Å²) in [7, 11) is 1.36. The third kappa shape index (κ3) is 1.83. The molecule has 1 aromatic heterocycles. The lowest BCUT2D eigenvalue weighted by Crippen LogP contribution is -2.31. The van der Waals surface area contributed by atoms with Crippen molar-refractivity contribution in [1.82, 2.24) is 9.97 Å². The van der Waals surface area contributed by atoms with Crippen molar-refractivity contribution < 1.29 is 9.53 Å². The van der Waals surface area contributed by atoms with Gasteiger partial charge in [0.1, 0.15) is 0 Å². The fraction of sp³-hybridized carbons (Fsp3) is 0.615. The van der Waals surface area contributed by atoms with E-state index in [1.165, 1.54) is 32.8 Å². The number of hydrogen-bond donors (Lipinski definition) is 0. The van der Waals surface area contributed by atoms with Gasteiger partial charge in [0.25, 0.3) is 0 Å². The largest absolute Gasteiger partial charge is 0.465 e. The van der Waals surface area contributed by atoms with Crippen LogP contribution in [0.2, 0.25) is 0 Å². The van der Waals surface area contributed by atoms with Gasteiger partial charge in [0, 0.05) is 25.0 Å². The van der Waals surface area contributed by atoms with Crippen molar-refractivity contribution in [1.29, 1.82) is 0 Å². The van der Waals surface area contributed by atoms with Crippen LogP contribution in [0.4, 0.5) is 5.95 Å². The average Bonchev–Trinajstić information content (AvgIpc) is 3.00. The van der Waals surface area contributed by atoms with Crippen LogP contribution in [0.15, 0.2) is 12.4 Å². The van der Waals surface area contributed by atoms with Crippen LogP contribution in [0, 0.1) is 5.92 Å². The Morgan fingerprint density at radius 3 is 2.83 bits per heavy atom. The third-order valence-corrected chi connectivity index (χ3v) is 4.08. The van der Waals surface area contributed by atoms with Gasteiger partial charge >= 0.3 is 5.97 Å². The molecule has 0 spiro atoms. The Morgan fingerprint density at radius 1 is 1.33 bits per heavy atom. The van der Waals surface area contributed by atoms with Crippen LogP contribution in [-0.4, -0.2) is 35.6 Å². The van der Waals surface area contributed by atoms with E-state index in [1.54, 1.807) is 12.4 Å². The second kappa shape index (κ2) is 4.55. The maximum atomic E-state index is 11.3. The van der Waals surface area contributed by atoms with Gasteiger partial charge in [0.05, 0.1) is 12.7 Å². The summed E-state index contributed by atoms with van der Waals surface area (Å²) in [5.74, 6) is 1.17. The fourth-order valence-corrected chi connectivity index (χ4v) is 3.18. The summed E-state index contributed by atoms with van der Waals surface area (Å²) in [6.07, 6.45) is 8.24. The van der Waals surface area contributed by atoms with E-state index in [9.17, 15) is 4.79 Å². The zero-order valence-corrected chi connectivity index (χ0v) is 10.5. The molecule has 18 heavy (non-hydrogen) atoms. The van der Waals surface area contributed by atoms with E-state index in [0.717, 1.165) is 18.4 Å². The topological polar surface area (TPSA) is 55.3 Å². The Bertz CT molecular complexity index is 446. The van der Waals surface area contributed by atoms with E-state index >= 15 is 0 Å². The fourth-order valence-electron chi connectivity index (χ4n) is 3.18. The Hall–Kier alpha value is -1.65. The molecule has 1 aliphatic carbocycles. The van der Waals surface area contributed by atoms with Crippen molar-refractivity contribution in [2.24, 2.45) is 5.92 Å². The maximum Gasteiger partial charge on any atom is 0.341 e. The van der Waals surface area contributed by atoms with Crippen molar-refractivity contribution in [2.75, 3.05) is 18.6 Å². The quantitative estimate of drug-likeness (QED) is 0.744. The molecule has 0 N–H and O–H groups in total. The lowest BCUT2D eigenvalue weighted by Gasteiger charge is -2.23. The average molecular weight is 247 g/mol. The first-order valence-corrected chi connectivity index (χ1v) is 6.46. The lowest BCUT2D eigenvalue weighted by atomic mass is 10.1. The summed E-state index contributed by atoms with van der Waals surface area (Å²) in [6.45, 7) is 1.03. The molecule has 0 aromatic carbocycles. The first-order chi connectivity index (χ1) is 8.79. The van der Waals surface area contributed by atoms with E-state index in [0.29, 0.717) is 11.6 Å². The Morgan fingerprint density at radius 2 is 2.11 bits per heavy atom. The molecular formula is C13H17N3O2. The monoisotopic (exact) mass is 247 g/mol. The molecule has 96 valence electrons. The highest BCUT2D eigenvalue weighted by Gasteiger charge is 2.38. The van der Waals surface area contributed by atoms with Gasteiger partial charge in [-0.25, -0.2) is 14.8 Å². The summed E-state index contributed by atoms with van der Waals surface area (Å²) < 4.78 is 4.64. The molecule has 1 aromatic rings. The number of fused-ring (bicyclic) bond motifs is 1. The van der Waals surface area contributed by atoms with Crippen LogP contribution in [0.25, 0.3) is 0 Å². The van der Waals surface area contributed by atoms with E-state index in [2.05, 4.69) is 19.6 Å². The van der Waals surface area contributed by atoms with Crippen LogP contribution in [0.5, 0.6) is 0 Å². The number of methoxy groups -OCH3 is 1. The van der Waals surface area contributed by atoms with Crippen molar-refractivity contribution in [3.63, 3.8) is 0 Å². The molecule has 1 saturated carbocycles. The van der Waals surface area contributed by atoms with Crippen molar-refractivity contribution in [3.8, 4) is 0 Å². The van der Waals surface area contributed by atoms with Gasteiger partial charge in [0.2, 0.25) is 5.95 Å². The van der Waals surface area contributed by atoms with Crippen LogP contribution in [0.3, 0.4) is 0 Å². The molecule has 1 saturated heterocycles. The Labute approximate surface area is 106 Å². The smallest absolute Gasteiger partial charge is 0.341 e. The number of ether oxygens (including phenoxy) is 1.